The van der Waals surface area contributed by atoms with Crippen LogP contribution in [-0.2, 0) is 9.53 Å². The first-order valence-corrected chi connectivity index (χ1v) is 6.18. The van der Waals surface area contributed by atoms with Crippen molar-refractivity contribution in [3.63, 3.8) is 0 Å². The summed E-state index contributed by atoms with van der Waals surface area (Å²) in [5, 5.41) is 0. The van der Waals surface area contributed by atoms with Gasteiger partial charge in [0.25, 0.3) is 0 Å². The number of carbonyl (C=O) groups excluding carboxylic acids is 1. The van der Waals surface area contributed by atoms with Crippen LogP contribution in [0.15, 0.2) is 0 Å². The molecule has 3 heteroatoms. The number of hydrogen-bond donors (Lipinski definition) is 0. The molecule has 3 fully saturated rings. The van der Waals surface area contributed by atoms with Gasteiger partial charge in [0.2, 0.25) is 0 Å². The fourth-order valence-electron chi connectivity index (χ4n) is 3.72. The molecular weight excluding hydrogens is 202 g/mol. The van der Waals surface area contributed by atoms with Crippen LogP contribution in [0.4, 0.5) is 0 Å². The fourth-order valence-corrected chi connectivity index (χ4v) is 3.72. The number of rotatable bonds is 1. The van der Waals surface area contributed by atoms with Gasteiger partial charge in [-0.1, -0.05) is 0 Å². The summed E-state index contributed by atoms with van der Waals surface area (Å²) in [4.78, 5) is 13.6. The van der Waals surface area contributed by atoms with Gasteiger partial charge in [-0.3, -0.25) is 9.69 Å². The van der Waals surface area contributed by atoms with Gasteiger partial charge in [-0.15, -0.1) is 0 Å². The number of nitrogens with zero attached hydrogens (tertiary/aromatic N) is 1. The van der Waals surface area contributed by atoms with E-state index in [9.17, 15) is 4.79 Å². The Morgan fingerprint density at radius 2 is 2.00 bits per heavy atom. The molecule has 1 saturated carbocycles. The fraction of sp³-hybridized carbons (Fsp3) is 0.923. The van der Waals surface area contributed by atoms with E-state index in [1.54, 1.807) is 0 Å². The first-order valence-electron chi connectivity index (χ1n) is 6.18. The minimum atomic E-state index is -0.139. The highest BCUT2D eigenvalue weighted by Crippen LogP contribution is 2.51. The number of hydrogen-bond acceptors (Lipinski definition) is 3. The van der Waals surface area contributed by atoms with E-state index < -0.39 is 0 Å². The van der Waals surface area contributed by atoms with Gasteiger partial charge in [0.15, 0.2) is 0 Å². The maximum absolute atomic E-state index is 11.1. The molecule has 92 valence electrons. The average Bonchev–Trinajstić information content (AvgIpc) is 2.13. The lowest BCUT2D eigenvalue weighted by atomic mass is 9.61. The van der Waals surface area contributed by atoms with Crippen LogP contribution in [0.5, 0.6) is 0 Å². The minimum absolute atomic E-state index is 0.113. The second kappa shape index (κ2) is 3.46. The Kier molecular flexibility index (Phi) is 2.57. The van der Waals surface area contributed by atoms with Crippen molar-refractivity contribution in [1.29, 1.82) is 0 Å². The summed E-state index contributed by atoms with van der Waals surface area (Å²) in [6.45, 7) is 8.34. The number of fused-ring (bicyclic) bond motifs is 3. The molecule has 2 aliphatic heterocycles. The van der Waals surface area contributed by atoms with Gasteiger partial charge in [-0.2, -0.15) is 0 Å². The third kappa shape index (κ3) is 1.56. The van der Waals surface area contributed by atoms with Crippen molar-refractivity contribution in [2.75, 3.05) is 7.05 Å². The molecule has 2 heterocycles. The summed E-state index contributed by atoms with van der Waals surface area (Å²) >= 11 is 0. The van der Waals surface area contributed by atoms with Gasteiger partial charge in [0, 0.05) is 30.3 Å². The van der Waals surface area contributed by atoms with Crippen LogP contribution in [0, 0.1) is 5.92 Å². The first-order chi connectivity index (χ1) is 7.27. The highest BCUT2D eigenvalue weighted by molar-refractivity contribution is 5.66. The zero-order chi connectivity index (χ0) is 12.1. The molecule has 0 aromatic carbocycles. The van der Waals surface area contributed by atoms with Crippen molar-refractivity contribution in [3.8, 4) is 0 Å². The topological polar surface area (TPSA) is 29.5 Å². The number of ether oxygens (including phenoxy) is 1. The van der Waals surface area contributed by atoms with E-state index in [2.05, 4.69) is 32.7 Å². The lowest BCUT2D eigenvalue weighted by Gasteiger charge is -2.63. The Hall–Kier alpha value is -0.570. The Labute approximate surface area is 98.1 Å². The lowest BCUT2D eigenvalue weighted by molar-refractivity contribution is -0.187. The third-order valence-corrected chi connectivity index (χ3v) is 4.98. The molecule has 0 radical (unpaired) electrons. The molecule has 16 heavy (non-hydrogen) atoms. The van der Waals surface area contributed by atoms with Crippen LogP contribution in [0.1, 0.15) is 47.0 Å². The molecular formula is C13H23NO2. The smallest absolute Gasteiger partial charge is 0.302 e. The molecule has 2 bridgehead atoms. The average molecular weight is 225 g/mol. The Balaban J connectivity index is 2.26. The van der Waals surface area contributed by atoms with E-state index in [0.717, 1.165) is 6.42 Å². The Bertz CT molecular complexity index is 308. The van der Waals surface area contributed by atoms with Crippen molar-refractivity contribution in [1.82, 2.24) is 4.90 Å². The molecule has 3 unspecified atom stereocenters. The number of piperidine rings is 2. The van der Waals surface area contributed by atoms with Crippen LogP contribution in [0.25, 0.3) is 0 Å². The van der Waals surface area contributed by atoms with E-state index in [1.165, 1.54) is 19.8 Å². The van der Waals surface area contributed by atoms with Gasteiger partial charge in [0.05, 0.1) is 0 Å². The molecule has 3 nitrogen and oxygen atoms in total. The first kappa shape index (κ1) is 11.9. The third-order valence-electron chi connectivity index (χ3n) is 4.98. The zero-order valence-electron chi connectivity index (χ0n) is 11.0. The number of esters is 1. The van der Waals surface area contributed by atoms with E-state index in [-0.39, 0.29) is 23.2 Å². The van der Waals surface area contributed by atoms with Gasteiger partial charge >= 0.3 is 5.97 Å². The summed E-state index contributed by atoms with van der Waals surface area (Å²) in [6, 6.07) is 0. The summed E-state index contributed by atoms with van der Waals surface area (Å²) < 4.78 is 5.51. The van der Waals surface area contributed by atoms with Gasteiger partial charge in [0.1, 0.15) is 6.10 Å². The van der Waals surface area contributed by atoms with Gasteiger partial charge in [-0.25, -0.2) is 0 Å². The van der Waals surface area contributed by atoms with Crippen molar-refractivity contribution in [3.05, 3.63) is 0 Å². The van der Waals surface area contributed by atoms with Crippen molar-refractivity contribution in [2.24, 2.45) is 5.92 Å². The lowest BCUT2D eigenvalue weighted by Crippen LogP contribution is -2.70. The van der Waals surface area contributed by atoms with Crippen LogP contribution in [-0.4, -0.2) is 35.1 Å². The molecule has 0 amide bonds. The highest BCUT2D eigenvalue weighted by atomic mass is 16.5. The predicted molar refractivity (Wildman–Crippen MR) is 63.1 cm³/mol. The maximum Gasteiger partial charge on any atom is 0.302 e. The largest absolute Gasteiger partial charge is 0.462 e. The van der Waals surface area contributed by atoms with E-state index in [4.69, 9.17) is 4.74 Å². The SMILES string of the molecule is CC(=O)OC1CC2(C)CCC1C(C)(C)N2C. The van der Waals surface area contributed by atoms with Crippen LogP contribution >= 0.6 is 0 Å². The van der Waals surface area contributed by atoms with Gasteiger partial charge in [-0.05, 0) is 40.7 Å². The summed E-state index contributed by atoms with van der Waals surface area (Å²) in [7, 11) is 2.20. The van der Waals surface area contributed by atoms with Crippen molar-refractivity contribution >= 4 is 5.97 Å². The molecule has 0 spiro atoms. The zero-order valence-corrected chi connectivity index (χ0v) is 11.0. The monoisotopic (exact) mass is 225 g/mol. The normalized spacial score (nSPS) is 42.1. The summed E-state index contributed by atoms with van der Waals surface area (Å²) in [6.07, 6.45) is 3.49. The Morgan fingerprint density at radius 1 is 1.38 bits per heavy atom. The molecule has 0 aromatic rings. The minimum Gasteiger partial charge on any atom is -0.462 e. The van der Waals surface area contributed by atoms with Crippen molar-refractivity contribution in [2.45, 2.75) is 64.1 Å². The molecule has 2 saturated heterocycles. The molecule has 3 aliphatic rings. The molecule has 0 aromatic heterocycles. The molecule has 0 N–H and O–H groups in total. The van der Waals surface area contributed by atoms with Crippen LogP contribution in [0.3, 0.4) is 0 Å². The number of carbonyl (C=O) groups is 1. The molecule has 3 rings (SSSR count). The quantitative estimate of drug-likeness (QED) is 0.641. The molecule has 3 atom stereocenters. The van der Waals surface area contributed by atoms with Gasteiger partial charge < -0.3 is 4.74 Å². The maximum atomic E-state index is 11.1. The standard InChI is InChI=1S/C13H23NO2/c1-9(15)16-11-8-13(4)7-6-10(11)12(2,3)14(13)5/h10-11H,6-8H2,1-5H3. The van der Waals surface area contributed by atoms with Crippen molar-refractivity contribution < 1.29 is 9.53 Å². The second-order valence-corrected chi connectivity index (χ2v) is 6.21. The summed E-state index contributed by atoms with van der Waals surface area (Å²) in [5.74, 6) is 0.336. The Morgan fingerprint density at radius 3 is 2.50 bits per heavy atom. The van der Waals surface area contributed by atoms with Crippen LogP contribution in [0.2, 0.25) is 0 Å². The summed E-state index contributed by atoms with van der Waals surface area (Å²) in [5.41, 5.74) is 0.323. The second-order valence-electron chi connectivity index (χ2n) is 6.21. The van der Waals surface area contributed by atoms with Crippen LogP contribution < -0.4 is 0 Å². The highest BCUT2D eigenvalue weighted by Gasteiger charge is 2.56. The van der Waals surface area contributed by atoms with E-state index in [0.29, 0.717) is 5.92 Å². The van der Waals surface area contributed by atoms with E-state index in [1.807, 2.05) is 0 Å². The molecule has 1 aliphatic carbocycles. The predicted octanol–water partition coefficient (Wildman–Crippen LogP) is 2.20. The van der Waals surface area contributed by atoms with E-state index >= 15 is 0 Å².